The molecule has 2 saturated carbocycles. The van der Waals surface area contributed by atoms with Gasteiger partial charge in [-0.1, -0.05) is 24.3 Å². The molecule has 0 unspecified atom stereocenters. The van der Waals surface area contributed by atoms with E-state index in [1.165, 1.54) is 62.5 Å². The Labute approximate surface area is 147 Å². The summed E-state index contributed by atoms with van der Waals surface area (Å²) in [6, 6.07) is 9.50. The minimum Gasteiger partial charge on any atom is -0.384 e. The molecule has 0 heterocycles. The van der Waals surface area contributed by atoms with Crippen LogP contribution >= 0.6 is 0 Å². The number of rotatable bonds is 6. The van der Waals surface area contributed by atoms with E-state index in [0.717, 1.165) is 24.9 Å². The van der Waals surface area contributed by atoms with Crippen LogP contribution in [0.5, 0.6) is 0 Å². The molecule has 0 aromatic heterocycles. The average Bonchev–Trinajstić information content (AvgIpc) is 2.64. The van der Waals surface area contributed by atoms with Crippen molar-refractivity contribution in [1.29, 1.82) is 0 Å². The van der Waals surface area contributed by atoms with E-state index in [0.29, 0.717) is 11.8 Å². The van der Waals surface area contributed by atoms with E-state index < -0.39 is 0 Å². The van der Waals surface area contributed by atoms with Crippen molar-refractivity contribution in [1.82, 2.24) is 0 Å². The summed E-state index contributed by atoms with van der Waals surface area (Å²) in [7, 11) is 1.82. The molecule has 2 aliphatic rings. The third-order valence-electron chi connectivity index (χ3n) is 6.49. The summed E-state index contributed by atoms with van der Waals surface area (Å²) in [5, 5.41) is 0. The summed E-state index contributed by atoms with van der Waals surface area (Å²) >= 11 is 0. The molecule has 0 amide bonds. The van der Waals surface area contributed by atoms with Crippen LogP contribution in [0.4, 0.5) is 4.39 Å². The maximum Gasteiger partial charge on any atom is 0.0897 e. The van der Waals surface area contributed by atoms with Crippen LogP contribution in [0.3, 0.4) is 0 Å². The Morgan fingerprint density at radius 1 is 0.792 bits per heavy atom. The minimum atomic E-state index is -0.142. The average molecular weight is 333 g/mol. The molecule has 0 bridgehead atoms. The van der Waals surface area contributed by atoms with E-state index in [-0.39, 0.29) is 6.67 Å². The number of ether oxygens (including phenoxy) is 1. The number of methoxy groups -OCH3 is 1. The number of halogens is 1. The third kappa shape index (κ3) is 4.59. The van der Waals surface area contributed by atoms with Gasteiger partial charge in [-0.15, -0.1) is 0 Å². The van der Waals surface area contributed by atoms with Gasteiger partial charge in [0.25, 0.3) is 0 Å². The van der Waals surface area contributed by atoms with Gasteiger partial charge in [-0.3, -0.25) is 4.39 Å². The van der Waals surface area contributed by atoms with Crippen LogP contribution in [0.1, 0.15) is 80.8 Å². The standard InChI is InChI=1S/C22H33FO/c1-24-16-18-4-8-20(9-5-18)22-12-10-21(11-13-22)19-6-2-17(3-7-19)14-15-23/h10-13,17-20H,2-9,14-16H2,1H3. The van der Waals surface area contributed by atoms with Gasteiger partial charge >= 0.3 is 0 Å². The molecule has 0 atom stereocenters. The van der Waals surface area contributed by atoms with Gasteiger partial charge in [-0.25, -0.2) is 0 Å². The van der Waals surface area contributed by atoms with Crippen molar-refractivity contribution < 1.29 is 9.13 Å². The molecule has 134 valence electrons. The van der Waals surface area contributed by atoms with Crippen molar-refractivity contribution in [2.75, 3.05) is 20.4 Å². The Balaban J connectivity index is 1.51. The lowest BCUT2D eigenvalue weighted by Crippen LogP contribution is -2.17. The lowest BCUT2D eigenvalue weighted by atomic mass is 9.76. The molecule has 0 radical (unpaired) electrons. The SMILES string of the molecule is COCC1CCC(c2ccc(C3CCC(CCF)CC3)cc2)CC1. The summed E-state index contributed by atoms with van der Waals surface area (Å²) in [5.41, 5.74) is 3.03. The van der Waals surface area contributed by atoms with Gasteiger partial charge in [-0.2, -0.15) is 0 Å². The molecule has 24 heavy (non-hydrogen) atoms. The van der Waals surface area contributed by atoms with Crippen molar-refractivity contribution in [2.45, 2.75) is 69.6 Å². The van der Waals surface area contributed by atoms with Gasteiger partial charge in [0.1, 0.15) is 0 Å². The normalized spacial score (nSPS) is 31.1. The van der Waals surface area contributed by atoms with E-state index in [1.807, 2.05) is 7.11 Å². The van der Waals surface area contributed by atoms with E-state index in [1.54, 1.807) is 0 Å². The van der Waals surface area contributed by atoms with Crippen molar-refractivity contribution in [3.63, 3.8) is 0 Å². The third-order valence-corrected chi connectivity index (χ3v) is 6.49. The summed E-state index contributed by atoms with van der Waals surface area (Å²) in [6.45, 7) is 0.785. The number of hydrogen-bond donors (Lipinski definition) is 0. The van der Waals surface area contributed by atoms with Crippen LogP contribution in [0.2, 0.25) is 0 Å². The fourth-order valence-electron chi connectivity index (χ4n) is 4.88. The highest BCUT2D eigenvalue weighted by Gasteiger charge is 2.24. The van der Waals surface area contributed by atoms with Crippen molar-refractivity contribution in [3.8, 4) is 0 Å². The van der Waals surface area contributed by atoms with Gasteiger partial charge in [0.15, 0.2) is 0 Å². The van der Waals surface area contributed by atoms with Gasteiger partial charge in [0.05, 0.1) is 6.67 Å². The molecular weight excluding hydrogens is 299 g/mol. The lowest BCUT2D eigenvalue weighted by Gasteiger charge is -2.30. The Kier molecular flexibility index (Phi) is 6.71. The van der Waals surface area contributed by atoms with E-state index in [2.05, 4.69) is 24.3 Å². The van der Waals surface area contributed by atoms with Crippen molar-refractivity contribution >= 4 is 0 Å². The van der Waals surface area contributed by atoms with Gasteiger partial charge in [-0.05, 0) is 92.6 Å². The molecule has 1 aromatic rings. The van der Waals surface area contributed by atoms with Crippen molar-refractivity contribution in [2.24, 2.45) is 11.8 Å². The smallest absolute Gasteiger partial charge is 0.0897 e. The maximum atomic E-state index is 12.5. The summed E-state index contributed by atoms with van der Waals surface area (Å²) in [4.78, 5) is 0. The molecule has 2 heteroatoms. The lowest BCUT2D eigenvalue weighted by molar-refractivity contribution is 0.127. The van der Waals surface area contributed by atoms with Crippen LogP contribution in [-0.4, -0.2) is 20.4 Å². The molecule has 0 spiro atoms. The largest absolute Gasteiger partial charge is 0.384 e. The molecule has 2 fully saturated rings. The van der Waals surface area contributed by atoms with Crippen LogP contribution < -0.4 is 0 Å². The highest BCUT2D eigenvalue weighted by atomic mass is 19.1. The fraction of sp³-hybridized carbons (Fsp3) is 0.727. The fourth-order valence-corrected chi connectivity index (χ4v) is 4.88. The van der Waals surface area contributed by atoms with E-state index >= 15 is 0 Å². The molecule has 0 N–H and O–H groups in total. The Morgan fingerprint density at radius 2 is 1.25 bits per heavy atom. The predicted molar refractivity (Wildman–Crippen MR) is 98.3 cm³/mol. The first-order chi connectivity index (χ1) is 11.8. The highest BCUT2D eigenvalue weighted by molar-refractivity contribution is 5.28. The first-order valence-corrected chi connectivity index (χ1v) is 9.95. The monoisotopic (exact) mass is 332 g/mol. The second-order valence-corrected chi connectivity index (χ2v) is 8.03. The molecule has 0 saturated heterocycles. The zero-order chi connectivity index (χ0) is 16.8. The molecule has 3 rings (SSSR count). The topological polar surface area (TPSA) is 9.23 Å². The van der Waals surface area contributed by atoms with Gasteiger partial charge in [0.2, 0.25) is 0 Å². The second-order valence-electron chi connectivity index (χ2n) is 8.03. The van der Waals surface area contributed by atoms with Gasteiger partial charge < -0.3 is 4.74 Å². The van der Waals surface area contributed by atoms with Crippen LogP contribution in [0.15, 0.2) is 24.3 Å². The quantitative estimate of drug-likeness (QED) is 0.599. The molecule has 1 aromatic carbocycles. The summed E-state index contributed by atoms with van der Waals surface area (Å²) < 4.78 is 17.8. The first kappa shape index (κ1) is 17.9. The molecular formula is C22H33FO. The zero-order valence-corrected chi connectivity index (χ0v) is 15.2. The van der Waals surface area contributed by atoms with Crippen LogP contribution in [0, 0.1) is 11.8 Å². The Morgan fingerprint density at radius 3 is 1.67 bits per heavy atom. The summed E-state index contributed by atoms with van der Waals surface area (Å²) in [5.74, 6) is 2.85. The number of benzene rings is 1. The highest BCUT2D eigenvalue weighted by Crippen LogP contribution is 2.39. The predicted octanol–water partition coefficient (Wildman–Crippen LogP) is 6.24. The Bertz CT molecular complexity index is 422. The van der Waals surface area contributed by atoms with E-state index in [4.69, 9.17) is 4.74 Å². The summed E-state index contributed by atoms with van der Waals surface area (Å²) in [6.07, 6.45) is 10.9. The first-order valence-electron chi connectivity index (χ1n) is 9.95. The number of hydrogen-bond acceptors (Lipinski definition) is 1. The van der Waals surface area contributed by atoms with Crippen LogP contribution in [0.25, 0.3) is 0 Å². The molecule has 0 aliphatic heterocycles. The van der Waals surface area contributed by atoms with Gasteiger partial charge in [0, 0.05) is 13.7 Å². The molecule has 2 aliphatic carbocycles. The Hall–Kier alpha value is -0.890. The minimum absolute atomic E-state index is 0.142. The van der Waals surface area contributed by atoms with Crippen LogP contribution in [-0.2, 0) is 4.74 Å². The maximum absolute atomic E-state index is 12.5. The number of alkyl halides is 1. The van der Waals surface area contributed by atoms with Crippen molar-refractivity contribution in [3.05, 3.63) is 35.4 Å². The molecule has 1 nitrogen and oxygen atoms in total. The van der Waals surface area contributed by atoms with E-state index in [9.17, 15) is 4.39 Å². The zero-order valence-electron chi connectivity index (χ0n) is 15.2. The second kappa shape index (κ2) is 8.99.